The summed E-state index contributed by atoms with van der Waals surface area (Å²) >= 11 is 0. The van der Waals surface area contributed by atoms with Crippen LogP contribution in [0.25, 0.3) is 0 Å². The monoisotopic (exact) mass is 172 g/mol. The first-order valence-electron chi connectivity index (χ1n) is 3.94. The number of rotatable bonds is 4. The minimum atomic E-state index is -0.972. The van der Waals surface area contributed by atoms with Crippen molar-refractivity contribution in [1.82, 2.24) is 0 Å². The van der Waals surface area contributed by atoms with Gasteiger partial charge in [-0.05, 0) is 12.8 Å². The molecule has 0 rings (SSSR count). The van der Waals surface area contributed by atoms with E-state index in [4.69, 9.17) is 5.11 Å². The lowest BCUT2D eigenvalue weighted by molar-refractivity contribution is -0.146. The average Bonchev–Trinajstić information content (AvgIpc) is 1.85. The Morgan fingerprint density at radius 1 is 1.42 bits per heavy atom. The van der Waals surface area contributed by atoms with Gasteiger partial charge < -0.3 is 10.2 Å². The van der Waals surface area contributed by atoms with Crippen LogP contribution in [-0.2, 0) is 4.79 Å². The molecule has 2 atom stereocenters. The van der Waals surface area contributed by atoms with E-state index >= 15 is 0 Å². The molecule has 12 heavy (non-hydrogen) atoms. The summed E-state index contributed by atoms with van der Waals surface area (Å²) in [5, 5.41) is 18.2. The molecule has 3 nitrogen and oxygen atoms in total. The molecule has 0 aromatic carbocycles. The number of aliphatic carboxylic acids is 1. The van der Waals surface area contributed by atoms with Crippen molar-refractivity contribution in [3.63, 3.8) is 0 Å². The van der Waals surface area contributed by atoms with Gasteiger partial charge in [0.1, 0.15) is 0 Å². The van der Waals surface area contributed by atoms with Gasteiger partial charge in [0.05, 0.1) is 12.0 Å². The average molecular weight is 172 g/mol. The molecule has 0 spiro atoms. The molecule has 0 saturated carbocycles. The van der Waals surface area contributed by atoms with Gasteiger partial charge in [-0.3, -0.25) is 4.79 Å². The van der Waals surface area contributed by atoms with E-state index in [0.717, 1.165) is 0 Å². The third kappa shape index (κ3) is 2.66. The van der Waals surface area contributed by atoms with Crippen LogP contribution in [0.4, 0.5) is 0 Å². The van der Waals surface area contributed by atoms with Crippen molar-refractivity contribution in [2.75, 3.05) is 0 Å². The summed E-state index contributed by atoms with van der Waals surface area (Å²) in [6.45, 7) is 8.69. The van der Waals surface area contributed by atoms with Gasteiger partial charge in [-0.1, -0.05) is 26.0 Å². The van der Waals surface area contributed by atoms with E-state index in [1.54, 1.807) is 20.8 Å². The van der Waals surface area contributed by atoms with E-state index in [2.05, 4.69) is 6.58 Å². The number of carboxylic acid groups (broad SMARTS) is 1. The van der Waals surface area contributed by atoms with E-state index < -0.39 is 18.0 Å². The highest BCUT2D eigenvalue weighted by Crippen LogP contribution is 2.19. The van der Waals surface area contributed by atoms with E-state index in [1.165, 1.54) is 0 Å². The Balaban J connectivity index is 4.51. The lowest BCUT2D eigenvalue weighted by Gasteiger charge is -2.22. The lowest BCUT2D eigenvalue weighted by atomic mass is 9.87. The van der Waals surface area contributed by atoms with E-state index in [9.17, 15) is 9.90 Å². The molecule has 70 valence electrons. The van der Waals surface area contributed by atoms with E-state index in [1.807, 2.05) is 0 Å². The fourth-order valence-corrected chi connectivity index (χ4v) is 1.09. The molecule has 0 fully saturated rings. The molecule has 0 radical (unpaired) electrons. The van der Waals surface area contributed by atoms with E-state index in [-0.39, 0.29) is 5.92 Å². The van der Waals surface area contributed by atoms with Crippen LogP contribution in [0.3, 0.4) is 0 Å². The molecular formula is C9H16O3. The van der Waals surface area contributed by atoms with Crippen LogP contribution in [-0.4, -0.2) is 22.3 Å². The van der Waals surface area contributed by atoms with Gasteiger partial charge in [-0.15, -0.1) is 0 Å². The Labute approximate surface area is 72.7 Å². The predicted octanol–water partition coefficient (Wildman–Crippen LogP) is 1.28. The normalized spacial score (nSPS) is 15.8. The number of hydrogen-bond donors (Lipinski definition) is 2. The maximum absolute atomic E-state index is 10.7. The minimum absolute atomic E-state index is 0.0887. The highest BCUT2D eigenvalue weighted by atomic mass is 16.4. The van der Waals surface area contributed by atoms with Gasteiger partial charge in [0.2, 0.25) is 0 Å². The zero-order valence-electron chi connectivity index (χ0n) is 7.74. The molecule has 2 N–H and O–H groups in total. The smallest absolute Gasteiger partial charge is 0.309 e. The van der Waals surface area contributed by atoms with Gasteiger partial charge in [0.15, 0.2) is 0 Å². The van der Waals surface area contributed by atoms with Crippen molar-refractivity contribution >= 4 is 5.97 Å². The zero-order chi connectivity index (χ0) is 9.89. The minimum Gasteiger partial charge on any atom is -0.481 e. The second kappa shape index (κ2) is 4.26. The highest BCUT2D eigenvalue weighted by molar-refractivity contribution is 5.71. The largest absolute Gasteiger partial charge is 0.481 e. The third-order valence-corrected chi connectivity index (χ3v) is 1.85. The zero-order valence-corrected chi connectivity index (χ0v) is 7.74. The summed E-state index contributed by atoms with van der Waals surface area (Å²) in [7, 11) is 0. The van der Waals surface area contributed by atoms with Gasteiger partial charge in [-0.2, -0.15) is 0 Å². The number of aliphatic hydroxyl groups excluding tert-OH is 1. The van der Waals surface area contributed by atoms with Crippen LogP contribution in [0.1, 0.15) is 20.8 Å². The van der Waals surface area contributed by atoms with Crippen LogP contribution in [0.2, 0.25) is 0 Å². The molecule has 0 aromatic rings. The van der Waals surface area contributed by atoms with Gasteiger partial charge in [0, 0.05) is 0 Å². The molecule has 0 heterocycles. The number of aliphatic hydroxyl groups is 1. The topological polar surface area (TPSA) is 57.5 Å². The molecule has 0 aromatic heterocycles. The maximum Gasteiger partial charge on any atom is 0.309 e. The second-order valence-electron chi connectivity index (χ2n) is 3.40. The molecule has 0 aliphatic heterocycles. The van der Waals surface area contributed by atoms with Crippen LogP contribution in [0.15, 0.2) is 12.2 Å². The second-order valence-corrected chi connectivity index (χ2v) is 3.40. The summed E-state index contributed by atoms with van der Waals surface area (Å²) in [6.07, 6.45) is -0.942. The highest BCUT2D eigenvalue weighted by Gasteiger charge is 2.29. The van der Waals surface area contributed by atoms with Crippen LogP contribution >= 0.6 is 0 Å². The quantitative estimate of drug-likeness (QED) is 0.628. The standard InChI is InChI=1S/C9H16O3/c1-5(2)7(9(11)12)8(10)6(3)4/h5,7-8,10H,3H2,1-2,4H3,(H,11,12). The first-order valence-corrected chi connectivity index (χ1v) is 3.94. The van der Waals surface area contributed by atoms with Crippen molar-refractivity contribution in [3.8, 4) is 0 Å². The first kappa shape index (κ1) is 11.2. The molecule has 0 bridgehead atoms. The lowest BCUT2D eigenvalue weighted by Crippen LogP contribution is -2.32. The SMILES string of the molecule is C=C(C)C(O)C(C(=O)O)C(C)C. The summed E-state index contributed by atoms with van der Waals surface area (Å²) in [4.78, 5) is 10.7. The molecule has 0 aliphatic carbocycles. The fraction of sp³-hybridized carbons (Fsp3) is 0.667. The molecule has 0 saturated heterocycles. The van der Waals surface area contributed by atoms with Gasteiger partial charge >= 0.3 is 5.97 Å². The molecule has 0 amide bonds. The van der Waals surface area contributed by atoms with E-state index in [0.29, 0.717) is 5.57 Å². The van der Waals surface area contributed by atoms with Crippen molar-refractivity contribution < 1.29 is 15.0 Å². The van der Waals surface area contributed by atoms with Crippen molar-refractivity contribution in [1.29, 1.82) is 0 Å². The number of carboxylic acids is 1. The fourth-order valence-electron chi connectivity index (χ4n) is 1.09. The number of carbonyl (C=O) groups is 1. The van der Waals surface area contributed by atoms with Crippen molar-refractivity contribution in [3.05, 3.63) is 12.2 Å². The summed E-state index contributed by atoms with van der Waals surface area (Å²) in [6, 6.07) is 0. The Bertz CT molecular complexity index is 184. The molecule has 3 heteroatoms. The molecule has 2 unspecified atom stereocenters. The summed E-state index contributed by atoms with van der Waals surface area (Å²) in [5.41, 5.74) is 0.496. The maximum atomic E-state index is 10.7. The van der Waals surface area contributed by atoms with Crippen molar-refractivity contribution in [2.45, 2.75) is 26.9 Å². The Kier molecular flexibility index (Phi) is 3.96. The predicted molar refractivity (Wildman–Crippen MR) is 46.8 cm³/mol. The summed E-state index contributed by atoms with van der Waals surface area (Å²) < 4.78 is 0. The first-order chi connectivity index (χ1) is 5.37. The van der Waals surface area contributed by atoms with Crippen LogP contribution < -0.4 is 0 Å². The molecule has 0 aliphatic rings. The van der Waals surface area contributed by atoms with Crippen LogP contribution in [0, 0.1) is 11.8 Å². The Morgan fingerprint density at radius 2 is 1.83 bits per heavy atom. The van der Waals surface area contributed by atoms with Crippen molar-refractivity contribution in [2.24, 2.45) is 11.8 Å². The van der Waals surface area contributed by atoms with Gasteiger partial charge in [-0.25, -0.2) is 0 Å². The third-order valence-electron chi connectivity index (χ3n) is 1.85. The van der Waals surface area contributed by atoms with Crippen LogP contribution in [0.5, 0.6) is 0 Å². The summed E-state index contributed by atoms with van der Waals surface area (Å²) in [5.74, 6) is -1.81. The van der Waals surface area contributed by atoms with Gasteiger partial charge in [0.25, 0.3) is 0 Å². The Morgan fingerprint density at radius 3 is 1.92 bits per heavy atom. The Hall–Kier alpha value is -0.830. The molecular weight excluding hydrogens is 156 g/mol. The number of hydrogen-bond acceptors (Lipinski definition) is 2.